The largest absolute Gasteiger partial charge is 0.480 e. The Bertz CT molecular complexity index is 435. The second kappa shape index (κ2) is 7.67. The van der Waals surface area contributed by atoms with E-state index in [2.05, 4.69) is 15.7 Å². The lowest BCUT2D eigenvalue weighted by molar-refractivity contribution is -0.137. The van der Waals surface area contributed by atoms with Crippen molar-refractivity contribution in [3.8, 4) is 0 Å². The third kappa shape index (κ3) is 5.64. The van der Waals surface area contributed by atoms with Gasteiger partial charge in [0.1, 0.15) is 6.54 Å². The maximum absolute atomic E-state index is 11.7. The molecular formula is C11H18N4O3S. The maximum atomic E-state index is 11.7. The first-order valence-corrected chi connectivity index (χ1v) is 7.25. The van der Waals surface area contributed by atoms with Crippen LogP contribution in [0.25, 0.3) is 0 Å². The van der Waals surface area contributed by atoms with Crippen LogP contribution in [-0.4, -0.2) is 44.9 Å². The number of nitrogens with one attached hydrogen (secondary N) is 2. The summed E-state index contributed by atoms with van der Waals surface area (Å²) in [5, 5.41) is 17.9. The number of urea groups is 1. The molecule has 8 heteroatoms. The Hall–Kier alpha value is -1.70. The summed E-state index contributed by atoms with van der Waals surface area (Å²) < 4.78 is 1.25. The highest BCUT2D eigenvalue weighted by atomic mass is 32.2. The molecule has 1 unspecified atom stereocenters. The molecule has 0 aliphatic heterocycles. The molecule has 0 spiro atoms. The van der Waals surface area contributed by atoms with Gasteiger partial charge in [0.25, 0.3) is 0 Å². The van der Waals surface area contributed by atoms with E-state index >= 15 is 0 Å². The molecule has 7 nitrogen and oxygen atoms in total. The zero-order valence-electron chi connectivity index (χ0n) is 10.9. The number of carboxylic acids is 1. The third-order valence-electron chi connectivity index (χ3n) is 2.38. The van der Waals surface area contributed by atoms with E-state index < -0.39 is 5.97 Å². The van der Waals surface area contributed by atoms with Crippen molar-refractivity contribution in [1.82, 2.24) is 15.1 Å². The van der Waals surface area contributed by atoms with Gasteiger partial charge in [-0.1, -0.05) is 6.92 Å². The summed E-state index contributed by atoms with van der Waals surface area (Å²) in [4.78, 5) is 22.2. The Morgan fingerprint density at radius 3 is 2.89 bits per heavy atom. The number of amides is 2. The summed E-state index contributed by atoms with van der Waals surface area (Å²) in [6.07, 6.45) is 5.73. The Kier molecular flexibility index (Phi) is 6.20. The van der Waals surface area contributed by atoms with Crippen LogP contribution >= 0.6 is 11.8 Å². The van der Waals surface area contributed by atoms with Gasteiger partial charge in [0.15, 0.2) is 0 Å². The van der Waals surface area contributed by atoms with Crippen molar-refractivity contribution >= 4 is 29.4 Å². The van der Waals surface area contributed by atoms with Crippen LogP contribution < -0.4 is 10.6 Å². The van der Waals surface area contributed by atoms with Crippen LogP contribution in [0.15, 0.2) is 12.4 Å². The predicted molar refractivity (Wildman–Crippen MR) is 74.5 cm³/mol. The second-order valence-electron chi connectivity index (χ2n) is 3.98. The summed E-state index contributed by atoms with van der Waals surface area (Å²) in [6, 6.07) is -0.195. The SMILES string of the molecule is CCC(CSC)NC(=O)Nc1cnn(CC(=O)O)c1. The minimum atomic E-state index is -0.981. The van der Waals surface area contributed by atoms with Gasteiger partial charge in [-0.05, 0) is 12.7 Å². The average molecular weight is 286 g/mol. The Morgan fingerprint density at radius 2 is 2.32 bits per heavy atom. The van der Waals surface area contributed by atoms with Crippen LogP contribution in [-0.2, 0) is 11.3 Å². The highest BCUT2D eigenvalue weighted by molar-refractivity contribution is 7.98. The Balaban J connectivity index is 2.47. The molecule has 0 fully saturated rings. The number of aromatic nitrogens is 2. The smallest absolute Gasteiger partial charge is 0.325 e. The molecule has 1 heterocycles. The van der Waals surface area contributed by atoms with Crippen LogP contribution in [0.2, 0.25) is 0 Å². The first-order valence-electron chi connectivity index (χ1n) is 5.85. The molecular weight excluding hydrogens is 268 g/mol. The van der Waals surface area contributed by atoms with E-state index in [-0.39, 0.29) is 18.6 Å². The lowest BCUT2D eigenvalue weighted by Gasteiger charge is -2.15. The number of thioether (sulfide) groups is 1. The fraction of sp³-hybridized carbons (Fsp3) is 0.545. The van der Waals surface area contributed by atoms with E-state index in [1.165, 1.54) is 17.1 Å². The highest BCUT2D eigenvalue weighted by Crippen LogP contribution is 2.06. The summed E-state index contributed by atoms with van der Waals surface area (Å²) >= 11 is 1.67. The molecule has 19 heavy (non-hydrogen) atoms. The van der Waals surface area contributed by atoms with Crippen LogP contribution in [0.1, 0.15) is 13.3 Å². The molecule has 3 N–H and O–H groups in total. The van der Waals surface area contributed by atoms with Crippen molar-refractivity contribution in [1.29, 1.82) is 0 Å². The first kappa shape index (κ1) is 15.4. The Labute approximate surface area is 115 Å². The fourth-order valence-electron chi connectivity index (χ4n) is 1.47. The van der Waals surface area contributed by atoms with Crippen molar-refractivity contribution in [3.63, 3.8) is 0 Å². The second-order valence-corrected chi connectivity index (χ2v) is 4.89. The van der Waals surface area contributed by atoms with Crippen molar-refractivity contribution in [2.45, 2.75) is 25.9 Å². The minimum Gasteiger partial charge on any atom is -0.480 e. The molecule has 0 aliphatic rings. The zero-order chi connectivity index (χ0) is 14.3. The predicted octanol–water partition coefficient (Wildman–Crippen LogP) is 1.23. The number of hydrogen-bond donors (Lipinski definition) is 3. The molecule has 2 amide bonds. The normalized spacial score (nSPS) is 11.9. The molecule has 0 saturated carbocycles. The topological polar surface area (TPSA) is 96.3 Å². The van der Waals surface area contributed by atoms with E-state index in [1.54, 1.807) is 11.8 Å². The number of carbonyl (C=O) groups excluding carboxylic acids is 1. The van der Waals surface area contributed by atoms with Crippen molar-refractivity contribution in [2.24, 2.45) is 0 Å². The van der Waals surface area contributed by atoms with Crippen molar-refractivity contribution in [3.05, 3.63) is 12.4 Å². The number of anilines is 1. The quantitative estimate of drug-likeness (QED) is 0.700. The van der Waals surface area contributed by atoms with Crippen molar-refractivity contribution < 1.29 is 14.7 Å². The van der Waals surface area contributed by atoms with Crippen molar-refractivity contribution in [2.75, 3.05) is 17.3 Å². The summed E-state index contributed by atoms with van der Waals surface area (Å²) in [5.74, 6) is -0.132. The van der Waals surface area contributed by atoms with Gasteiger partial charge in [0.05, 0.1) is 11.9 Å². The lowest BCUT2D eigenvalue weighted by Crippen LogP contribution is -2.39. The van der Waals surface area contributed by atoms with E-state index in [1.807, 2.05) is 13.2 Å². The van der Waals surface area contributed by atoms with E-state index in [4.69, 9.17) is 5.11 Å². The van der Waals surface area contributed by atoms with Crippen LogP contribution in [0.4, 0.5) is 10.5 Å². The highest BCUT2D eigenvalue weighted by Gasteiger charge is 2.10. The third-order valence-corrected chi connectivity index (χ3v) is 3.12. The van der Waals surface area contributed by atoms with Crippen LogP contribution in [0, 0.1) is 0 Å². The molecule has 0 saturated heterocycles. The molecule has 1 rings (SSSR count). The van der Waals surface area contributed by atoms with Gasteiger partial charge in [-0.3, -0.25) is 9.48 Å². The number of rotatable bonds is 7. The van der Waals surface area contributed by atoms with E-state index in [9.17, 15) is 9.59 Å². The molecule has 0 aromatic carbocycles. The number of hydrogen-bond acceptors (Lipinski definition) is 4. The minimum absolute atomic E-state index is 0.115. The summed E-state index contributed by atoms with van der Waals surface area (Å²) in [7, 11) is 0. The standard InChI is InChI=1S/C11H18N4O3S/c1-3-8(7-19-2)13-11(18)14-9-4-12-15(5-9)6-10(16)17/h4-5,8H,3,6-7H2,1-2H3,(H,16,17)(H2,13,14,18). The lowest BCUT2D eigenvalue weighted by atomic mass is 10.3. The number of carboxylic acid groups (broad SMARTS) is 1. The molecule has 0 radical (unpaired) electrons. The van der Waals surface area contributed by atoms with Crippen LogP contribution in [0.5, 0.6) is 0 Å². The first-order chi connectivity index (χ1) is 9.05. The molecule has 0 bridgehead atoms. The van der Waals surface area contributed by atoms with Gasteiger partial charge in [-0.15, -0.1) is 0 Å². The zero-order valence-corrected chi connectivity index (χ0v) is 11.7. The number of nitrogens with zero attached hydrogens (tertiary/aromatic N) is 2. The monoisotopic (exact) mass is 286 g/mol. The molecule has 106 valence electrons. The molecule has 1 aromatic heterocycles. The maximum Gasteiger partial charge on any atom is 0.325 e. The average Bonchev–Trinajstić information content (AvgIpc) is 2.74. The summed E-state index contributed by atoms with van der Waals surface area (Å²) in [5.41, 5.74) is 0.470. The van der Waals surface area contributed by atoms with Gasteiger partial charge in [-0.25, -0.2) is 4.79 Å². The molecule has 1 atom stereocenters. The van der Waals surface area contributed by atoms with Gasteiger partial charge in [-0.2, -0.15) is 16.9 Å². The van der Waals surface area contributed by atoms with E-state index in [0.29, 0.717) is 5.69 Å². The number of aliphatic carboxylic acids is 1. The van der Waals surface area contributed by atoms with Gasteiger partial charge >= 0.3 is 12.0 Å². The van der Waals surface area contributed by atoms with E-state index in [0.717, 1.165) is 12.2 Å². The fourth-order valence-corrected chi connectivity index (χ4v) is 2.19. The van der Waals surface area contributed by atoms with Gasteiger partial charge < -0.3 is 15.7 Å². The molecule has 1 aromatic rings. The Morgan fingerprint density at radius 1 is 1.58 bits per heavy atom. The molecule has 0 aliphatic carbocycles. The van der Waals surface area contributed by atoms with Gasteiger partial charge in [0, 0.05) is 18.0 Å². The summed E-state index contributed by atoms with van der Waals surface area (Å²) in [6.45, 7) is 1.78. The van der Waals surface area contributed by atoms with Crippen LogP contribution in [0.3, 0.4) is 0 Å². The van der Waals surface area contributed by atoms with Gasteiger partial charge in [0.2, 0.25) is 0 Å². The number of carbonyl (C=O) groups is 2.